The number of ether oxygens (including phenoxy) is 1. The minimum Gasteiger partial charge on any atom is -0.475 e. The minimum atomic E-state index is -5.08. The highest BCUT2D eigenvalue weighted by atomic mass is 19.4. The van der Waals surface area contributed by atoms with Crippen LogP contribution in [0.25, 0.3) is 0 Å². The smallest absolute Gasteiger partial charge is 0.475 e. The first-order valence-corrected chi connectivity index (χ1v) is 8.32. The van der Waals surface area contributed by atoms with Gasteiger partial charge in [-0.15, -0.1) is 0 Å². The zero-order valence-electron chi connectivity index (χ0n) is 15.3. The van der Waals surface area contributed by atoms with E-state index < -0.39 is 12.1 Å². The highest BCUT2D eigenvalue weighted by Crippen LogP contribution is 2.34. The predicted molar refractivity (Wildman–Crippen MR) is 88.1 cm³/mol. The monoisotopic (exact) mass is 392 g/mol. The summed E-state index contributed by atoms with van der Waals surface area (Å²) >= 11 is 0. The van der Waals surface area contributed by atoms with Gasteiger partial charge in [-0.3, -0.25) is 4.79 Å². The molecule has 152 valence electrons. The van der Waals surface area contributed by atoms with E-state index in [2.05, 4.69) is 24.0 Å². The van der Waals surface area contributed by atoms with Crippen molar-refractivity contribution in [3.8, 4) is 0 Å². The molecule has 1 N–H and O–H groups in total. The topological polar surface area (TPSA) is 87.9 Å². The summed E-state index contributed by atoms with van der Waals surface area (Å²) in [6, 6.07) is 0. The summed E-state index contributed by atoms with van der Waals surface area (Å²) in [4.78, 5) is 29.5. The van der Waals surface area contributed by atoms with E-state index in [4.69, 9.17) is 14.6 Å². The standard InChI is InChI=1S/C14H22N4O2.C2HF3O2/c1-16(2)4-10-8-20-13-7-18(5-11(10)13)14(19)12-6-17(3)9-15-12;3-2(4,5)1(6)7/h6,9-11,13H,4-5,7-8H2,1-3H3;(H,6,7)/t10-,11-,13-;/m1./s1. The number of amides is 1. The third-order valence-electron chi connectivity index (χ3n) is 4.49. The van der Waals surface area contributed by atoms with Crippen LogP contribution in [0.15, 0.2) is 12.5 Å². The van der Waals surface area contributed by atoms with Gasteiger partial charge in [-0.05, 0) is 14.1 Å². The van der Waals surface area contributed by atoms with Crippen molar-refractivity contribution in [2.45, 2.75) is 12.3 Å². The first-order chi connectivity index (χ1) is 12.5. The second-order valence-electron chi connectivity index (χ2n) is 7.00. The van der Waals surface area contributed by atoms with Crippen LogP contribution < -0.4 is 0 Å². The molecule has 0 aromatic carbocycles. The number of nitrogens with zero attached hydrogens (tertiary/aromatic N) is 4. The van der Waals surface area contributed by atoms with Crippen LogP contribution in [0.5, 0.6) is 0 Å². The molecule has 0 aliphatic carbocycles. The van der Waals surface area contributed by atoms with Crippen molar-refractivity contribution >= 4 is 11.9 Å². The molecule has 0 radical (unpaired) electrons. The molecule has 3 rings (SSSR count). The van der Waals surface area contributed by atoms with Crippen LogP contribution in [0.1, 0.15) is 10.5 Å². The van der Waals surface area contributed by atoms with Gasteiger partial charge in [0.05, 0.1) is 19.0 Å². The van der Waals surface area contributed by atoms with Gasteiger partial charge in [0.25, 0.3) is 5.91 Å². The SMILES string of the molecule is CN(C)C[C@@H]1CO[C@@H]2CN(C(=O)c3cn(C)cn3)C[C@H]12.O=C(O)C(F)(F)F. The van der Waals surface area contributed by atoms with Crippen LogP contribution in [-0.2, 0) is 16.6 Å². The van der Waals surface area contributed by atoms with E-state index in [0.29, 0.717) is 24.1 Å². The van der Waals surface area contributed by atoms with Crippen molar-refractivity contribution in [1.29, 1.82) is 0 Å². The number of carbonyl (C=O) groups excluding carboxylic acids is 1. The fraction of sp³-hybridized carbons (Fsp3) is 0.688. The quantitative estimate of drug-likeness (QED) is 0.815. The summed E-state index contributed by atoms with van der Waals surface area (Å²) in [6.45, 7) is 3.33. The zero-order valence-corrected chi connectivity index (χ0v) is 15.3. The maximum Gasteiger partial charge on any atom is 0.490 e. The third kappa shape index (κ3) is 5.42. The second kappa shape index (κ2) is 8.26. The number of hydrogen-bond acceptors (Lipinski definition) is 5. The Kier molecular flexibility index (Phi) is 6.47. The zero-order chi connectivity index (χ0) is 20.4. The molecule has 11 heteroatoms. The number of carboxylic acids is 1. The third-order valence-corrected chi connectivity index (χ3v) is 4.49. The van der Waals surface area contributed by atoms with Gasteiger partial charge in [0.15, 0.2) is 0 Å². The first kappa shape index (κ1) is 21.2. The number of imidazole rings is 1. The maximum absolute atomic E-state index is 12.4. The summed E-state index contributed by atoms with van der Waals surface area (Å²) in [5.41, 5.74) is 0.525. The number of likely N-dealkylation sites (tertiary alicyclic amines) is 1. The molecule has 3 heterocycles. The average Bonchev–Trinajstić information content (AvgIpc) is 3.23. The van der Waals surface area contributed by atoms with Crippen LogP contribution in [0, 0.1) is 11.8 Å². The molecule has 0 unspecified atom stereocenters. The fourth-order valence-corrected chi connectivity index (χ4v) is 3.31. The van der Waals surface area contributed by atoms with Crippen LogP contribution in [0.3, 0.4) is 0 Å². The van der Waals surface area contributed by atoms with E-state index in [9.17, 15) is 18.0 Å². The molecule has 3 atom stereocenters. The predicted octanol–water partition coefficient (Wildman–Crippen LogP) is 0.702. The molecule has 1 aromatic heterocycles. The number of carboxylic acid groups (broad SMARTS) is 1. The van der Waals surface area contributed by atoms with E-state index in [1.54, 1.807) is 17.1 Å². The van der Waals surface area contributed by atoms with Gasteiger partial charge in [-0.25, -0.2) is 9.78 Å². The number of aromatic nitrogens is 2. The van der Waals surface area contributed by atoms with E-state index >= 15 is 0 Å². The minimum absolute atomic E-state index is 0.0206. The number of alkyl halides is 3. The van der Waals surface area contributed by atoms with E-state index in [-0.39, 0.29) is 12.0 Å². The summed E-state index contributed by atoms with van der Waals surface area (Å²) in [5.74, 6) is -1.75. The van der Waals surface area contributed by atoms with Crippen LogP contribution in [0.2, 0.25) is 0 Å². The van der Waals surface area contributed by atoms with Crippen molar-refractivity contribution < 1.29 is 32.6 Å². The fourth-order valence-electron chi connectivity index (χ4n) is 3.31. The number of aliphatic carboxylic acids is 1. The lowest BCUT2D eigenvalue weighted by Crippen LogP contribution is -2.33. The highest BCUT2D eigenvalue weighted by Gasteiger charge is 2.45. The summed E-state index contributed by atoms with van der Waals surface area (Å²) in [5, 5.41) is 7.12. The van der Waals surface area contributed by atoms with Crippen molar-refractivity contribution in [3.63, 3.8) is 0 Å². The normalized spacial score (nSPS) is 24.6. The van der Waals surface area contributed by atoms with Gasteiger partial charge >= 0.3 is 12.1 Å². The van der Waals surface area contributed by atoms with Crippen LogP contribution in [0.4, 0.5) is 13.2 Å². The number of halogens is 3. The largest absolute Gasteiger partial charge is 0.490 e. The van der Waals surface area contributed by atoms with Gasteiger partial charge in [0.1, 0.15) is 5.69 Å². The Morgan fingerprint density at radius 2 is 2.00 bits per heavy atom. The molecule has 0 saturated carbocycles. The summed E-state index contributed by atoms with van der Waals surface area (Å²) < 4.78 is 39.4. The van der Waals surface area contributed by atoms with Gasteiger partial charge < -0.3 is 24.2 Å². The Labute approximate surface area is 154 Å². The second-order valence-corrected chi connectivity index (χ2v) is 7.00. The lowest BCUT2D eigenvalue weighted by atomic mass is 9.93. The molecule has 1 amide bonds. The highest BCUT2D eigenvalue weighted by molar-refractivity contribution is 5.92. The van der Waals surface area contributed by atoms with Crippen molar-refractivity contribution in [1.82, 2.24) is 19.4 Å². The molecule has 2 aliphatic rings. The molecule has 2 fully saturated rings. The number of fused-ring (bicyclic) bond motifs is 1. The molecule has 1 aromatic rings. The number of hydrogen-bond donors (Lipinski definition) is 1. The van der Waals surface area contributed by atoms with Crippen LogP contribution >= 0.6 is 0 Å². The average molecular weight is 392 g/mol. The molecular formula is C16H23F3N4O4. The van der Waals surface area contributed by atoms with Gasteiger partial charge in [-0.2, -0.15) is 13.2 Å². The molecule has 0 spiro atoms. The van der Waals surface area contributed by atoms with E-state index in [1.165, 1.54) is 0 Å². The first-order valence-electron chi connectivity index (χ1n) is 8.32. The Hall–Kier alpha value is -2.14. The Morgan fingerprint density at radius 1 is 1.37 bits per heavy atom. The van der Waals surface area contributed by atoms with Gasteiger partial charge in [-0.1, -0.05) is 0 Å². The lowest BCUT2D eigenvalue weighted by Gasteiger charge is -2.21. The number of rotatable bonds is 3. The van der Waals surface area contributed by atoms with Crippen molar-refractivity contribution in [2.75, 3.05) is 40.3 Å². The lowest BCUT2D eigenvalue weighted by molar-refractivity contribution is -0.192. The van der Waals surface area contributed by atoms with Gasteiger partial charge in [0.2, 0.25) is 0 Å². The molecule has 27 heavy (non-hydrogen) atoms. The van der Waals surface area contributed by atoms with E-state index in [1.807, 2.05) is 11.9 Å². The number of aryl methyl sites for hydroxylation is 1. The Morgan fingerprint density at radius 3 is 2.48 bits per heavy atom. The Balaban J connectivity index is 0.000000321. The Bertz CT molecular complexity index is 677. The van der Waals surface area contributed by atoms with Crippen LogP contribution in [-0.4, -0.2) is 89.0 Å². The molecule has 0 bridgehead atoms. The number of carbonyl (C=O) groups is 2. The molecule has 8 nitrogen and oxygen atoms in total. The van der Waals surface area contributed by atoms with Crippen molar-refractivity contribution in [2.24, 2.45) is 18.9 Å². The van der Waals surface area contributed by atoms with E-state index in [0.717, 1.165) is 19.7 Å². The van der Waals surface area contributed by atoms with Crippen molar-refractivity contribution in [3.05, 3.63) is 18.2 Å². The van der Waals surface area contributed by atoms with Gasteiger partial charge in [0, 0.05) is 44.7 Å². The molecular weight excluding hydrogens is 369 g/mol. The summed E-state index contributed by atoms with van der Waals surface area (Å²) in [7, 11) is 6.04. The molecule has 2 saturated heterocycles. The molecule has 2 aliphatic heterocycles. The maximum atomic E-state index is 12.4. The summed E-state index contributed by atoms with van der Waals surface area (Å²) in [6.07, 6.45) is -1.45.